The van der Waals surface area contributed by atoms with Gasteiger partial charge in [-0.2, -0.15) is 0 Å². The van der Waals surface area contributed by atoms with Gasteiger partial charge in [-0.3, -0.25) is 10.1 Å². The zero-order valence-electron chi connectivity index (χ0n) is 13.6. The molecule has 1 aromatic heterocycles. The Morgan fingerprint density at radius 3 is 2.96 bits per heavy atom. The molecular weight excluding hydrogens is 364 g/mol. The number of amides is 1. The van der Waals surface area contributed by atoms with Crippen molar-refractivity contribution in [3.05, 3.63) is 35.4 Å². The number of hydrogen-bond donors (Lipinski definition) is 2. The minimum Gasteiger partial charge on any atom is -0.377 e. The molecule has 0 aliphatic carbocycles. The maximum atomic E-state index is 12.2. The first-order chi connectivity index (χ1) is 11.9. The van der Waals surface area contributed by atoms with Gasteiger partial charge < -0.3 is 4.74 Å². The first kappa shape index (κ1) is 17.9. The highest BCUT2D eigenvalue weighted by Crippen LogP contribution is 2.21. The molecule has 1 fully saturated rings. The molecule has 1 amide bonds. The second kappa shape index (κ2) is 7.56. The van der Waals surface area contributed by atoms with Gasteiger partial charge in [-0.15, -0.1) is 10.2 Å². The number of nitrogens with zero attached hydrogens (tertiary/aromatic N) is 2. The van der Waals surface area contributed by atoms with E-state index >= 15 is 0 Å². The Bertz CT molecular complexity index is 860. The van der Waals surface area contributed by atoms with E-state index in [1.54, 1.807) is 18.2 Å². The van der Waals surface area contributed by atoms with E-state index in [0.29, 0.717) is 12.2 Å². The molecule has 1 saturated heterocycles. The van der Waals surface area contributed by atoms with Gasteiger partial charge in [-0.25, -0.2) is 13.1 Å². The zero-order chi connectivity index (χ0) is 17.9. The van der Waals surface area contributed by atoms with Crippen molar-refractivity contribution in [2.24, 2.45) is 0 Å². The second-order valence-corrected chi connectivity index (χ2v) is 8.60. The Morgan fingerprint density at radius 1 is 1.40 bits per heavy atom. The Labute approximate surface area is 149 Å². The third-order valence-electron chi connectivity index (χ3n) is 3.66. The van der Waals surface area contributed by atoms with Crippen molar-refractivity contribution in [3.8, 4) is 0 Å². The molecule has 0 spiro atoms. The van der Waals surface area contributed by atoms with Crippen LogP contribution in [0.15, 0.2) is 28.6 Å². The van der Waals surface area contributed by atoms with Crippen LogP contribution in [0.3, 0.4) is 0 Å². The molecule has 1 aromatic carbocycles. The molecule has 0 unspecified atom stereocenters. The first-order valence-electron chi connectivity index (χ1n) is 7.77. The molecule has 1 atom stereocenters. The predicted molar refractivity (Wildman–Crippen MR) is 93.2 cm³/mol. The number of anilines is 1. The van der Waals surface area contributed by atoms with Crippen LogP contribution < -0.4 is 10.0 Å². The zero-order valence-corrected chi connectivity index (χ0v) is 15.2. The van der Waals surface area contributed by atoms with E-state index < -0.39 is 10.0 Å². The Kier molecular flexibility index (Phi) is 5.42. The molecule has 2 heterocycles. The first-order valence-corrected chi connectivity index (χ1v) is 10.1. The minimum atomic E-state index is -3.77. The fourth-order valence-electron chi connectivity index (χ4n) is 2.39. The lowest BCUT2D eigenvalue weighted by atomic mass is 10.1. The molecule has 2 aromatic rings. The fourth-order valence-corrected chi connectivity index (χ4v) is 4.40. The molecule has 134 valence electrons. The van der Waals surface area contributed by atoms with Crippen molar-refractivity contribution in [1.82, 2.24) is 14.9 Å². The third kappa shape index (κ3) is 4.60. The van der Waals surface area contributed by atoms with Gasteiger partial charge in [0.1, 0.15) is 0 Å². The molecule has 2 N–H and O–H groups in total. The molecule has 10 heteroatoms. The van der Waals surface area contributed by atoms with Crippen molar-refractivity contribution in [2.75, 3.05) is 18.5 Å². The lowest BCUT2D eigenvalue weighted by Crippen LogP contribution is -2.31. The summed E-state index contributed by atoms with van der Waals surface area (Å²) in [7, 11) is -3.77. The van der Waals surface area contributed by atoms with Crippen LogP contribution in [0.2, 0.25) is 0 Å². The van der Waals surface area contributed by atoms with E-state index in [4.69, 9.17) is 4.74 Å². The number of hydrogen-bond acceptors (Lipinski definition) is 7. The van der Waals surface area contributed by atoms with Crippen LogP contribution in [-0.2, 0) is 14.8 Å². The van der Waals surface area contributed by atoms with E-state index in [0.717, 1.165) is 29.7 Å². The lowest BCUT2D eigenvalue weighted by molar-refractivity contribution is 0.102. The monoisotopic (exact) mass is 382 g/mol. The van der Waals surface area contributed by atoms with E-state index in [1.807, 2.05) is 13.0 Å². The quantitative estimate of drug-likeness (QED) is 0.734. The van der Waals surface area contributed by atoms with E-state index in [2.05, 4.69) is 20.2 Å². The molecule has 1 aliphatic rings. The highest BCUT2D eigenvalue weighted by Gasteiger charge is 2.24. The van der Waals surface area contributed by atoms with E-state index in [9.17, 15) is 13.2 Å². The van der Waals surface area contributed by atoms with Crippen LogP contribution in [0.1, 0.15) is 28.8 Å². The van der Waals surface area contributed by atoms with Gasteiger partial charge in [-0.05, 0) is 31.9 Å². The Hall–Kier alpha value is -1.88. The summed E-state index contributed by atoms with van der Waals surface area (Å²) >= 11 is 0.804. The molecule has 8 nitrogen and oxygen atoms in total. The molecule has 0 bridgehead atoms. The standard InChI is InChI=1S/C15H18N4O4S2/c1-10-4-2-5-11(8-10)13(20)17-14-18-19-15(24-14)25(21,22)16-9-12-6-3-7-23-12/h2,4-5,8,12,16H,3,6-7,9H2,1H3,(H,17,18,20)/t12-/m0/s1. The minimum absolute atomic E-state index is 0.108. The fraction of sp³-hybridized carbons (Fsp3) is 0.400. The maximum absolute atomic E-state index is 12.2. The summed E-state index contributed by atoms with van der Waals surface area (Å²) < 4.78 is 32.1. The third-order valence-corrected chi connectivity index (χ3v) is 6.29. The smallest absolute Gasteiger partial charge is 0.269 e. The number of nitrogens with one attached hydrogen (secondary N) is 2. The van der Waals surface area contributed by atoms with Gasteiger partial charge in [-0.1, -0.05) is 29.0 Å². The topological polar surface area (TPSA) is 110 Å². The number of aryl methyl sites for hydroxylation is 1. The SMILES string of the molecule is Cc1cccc(C(=O)Nc2nnc(S(=O)(=O)NC[C@@H]3CCCO3)s2)c1. The van der Waals surface area contributed by atoms with Crippen LogP contribution in [-0.4, -0.2) is 43.8 Å². The van der Waals surface area contributed by atoms with Crippen LogP contribution in [0, 0.1) is 6.92 Å². The molecule has 1 aliphatic heterocycles. The predicted octanol–water partition coefficient (Wildman–Crippen LogP) is 1.56. The number of ether oxygens (including phenoxy) is 1. The second-order valence-electron chi connectivity index (χ2n) is 5.68. The van der Waals surface area contributed by atoms with Crippen LogP contribution >= 0.6 is 11.3 Å². The highest BCUT2D eigenvalue weighted by molar-refractivity contribution is 7.91. The molecular formula is C15H18N4O4S2. The highest BCUT2D eigenvalue weighted by atomic mass is 32.2. The van der Waals surface area contributed by atoms with Gasteiger partial charge in [0, 0.05) is 18.7 Å². The molecule has 3 rings (SSSR count). The largest absolute Gasteiger partial charge is 0.377 e. The maximum Gasteiger partial charge on any atom is 0.269 e. The average Bonchev–Trinajstić information content (AvgIpc) is 3.25. The normalized spacial score (nSPS) is 17.6. The average molecular weight is 382 g/mol. The number of sulfonamides is 1. The van der Waals surface area contributed by atoms with Gasteiger partial charge in [0.15, 0.2) is 0 Å². The Morgan fingerprint density at radius 2 is 2.24 bits per heavy atom. The molecule has 0 saturated carbocycles. The summed E-state index contributed by atoms with van der Waals surface area (Å²) in [4.78, 5) is 12.2. The van der Waals surface area contributed by atoms with Gasteiger partial charge in [0.2, 0.25) is 9.47 Å². The number of carbonyl (C=O) groups excluding carboxylic acids is 1. The van der Waals surface area contributed by atoms with Gasteiger partial charge in [0.05, 0.1) is 6.10 Å². The number of aromatic nitrogens is 2. The van der Waals surface area contributed by atoms with Gasteiger partial charge >= 0.3 is 0 Å². The summed E-state index contributed by atoms with van der Waals surface area (Å²) in [5.74, 6) is -0.365. The van der Waals surface area contributed by atoms with Crippen molar-refractivity contribution >= 4 is 32.4 Å². The number of rotatable bonds is 6. The van der Waals surface area contributed by atoms with Crippen molar-refractivity contribution in [1.29, 1.82) is 0 Å². The summed E-state index contributed by atoms with van der Waals surface area (Å²) in [5, 5.41) is 10.1. The lowest BCUT2D eigenvalue weighted by Gasteiger charge is -2.09. The number of carbonyl (C=O) groups is 1. The summed E-state index contributed by atoms with van der Waals surface area (Å²) in [6.07, 6.45) is 1.65. The number of benzene rings is 1. The van der Waals surface area contributed by atoms with E-state index in [-0.39, 0.29) is 28.0 Å². The molecule has 0 radical (unpaired) electrons. The van der Waals surface area contributed by atoms with Gasteiger partial charge in [0.25, 0.3) is 15.9 Å². The summed E-state index contributed by atoms with van der Waals surface area (Å²) in [6, 6.07) is 7.06. The van der Waals surface area contributed by atoms with E-state index in [1.165, 1.54) is 0 Å². The molecule has 25 heavy (non-hydrogen) atoms. The van der Waals surface area contributed by atoms with Crippen molar-refractivity contribution in [3.63, 3.8) is 0 Å². The van der Waals surface area contributed by atoms with Crippen LogP contribution in [0.4, 0.5) is 5.13 Å². The van der Waals surface area contributed by atoms with Crippen LogP contribution in [0.25, 0.3) is 0 Å². The van der Waals surface area contributed by atoms with Crippen LogP contribution in [0.5, 0.6) is 0 Å². The van der Waals surface area contributed by atoms with Crippen molar-refractivity contribution < 1.29 is 17.9 Å². The van der Waals surface area contributed by atoms with Crippen molar-refractivity contribution in [2.45, 2.75) is 30.2 Å². The summed E-state index contributed by atoms with van der Waals surface area (Å²) in [5.41, 5.74) is 1.42. The summed E-state index contributed by atoms with van der Waals surface area (Å²) in [6.45, 7) is 2.74. The Balaban J connectivity index is 1.64.